The number of benzene rings is 1. The van der Waals surface area contributed by atoms with Gasteiger partial charge >= 0.3 is 11.8 Å². The summed E-state index contributed by atoms with van der Waals surface area (Å²) >= 11 is 0. The van der Waals surface area contributed by atoms with E-state index in [1.165, 1.54) is 31.4 Å². The zero-order chi connectivity index (χ0) is 19.2. The second kappa shape index (κ2) is 8.65. The molecule has 0 radical (unpaired) electrons. The molecule has 1 N–H and O–H groups in total. The van der Waals surface area contributed by atoms with Gasteiger partial charge < -0.3 is 14.7 Å². The normalized spacial score (nSPS) is 14.5. The number of aromatic nitrogens is 3. The molecule has 1 saturated heterocycles. The molecule has 2 aromatic heterocycles. The maximum atomic E-state index is 12.2. The quantitative estimate of drug-likeness (QED) is 0.733. The summed E-state index contributed by atoms with van der Waals surface area (Å²) in [5.41, 5.74) is 2.80. The molecule has 0 spiro atoms. The third-order valence-electron chi connectivity index (χ3n) is 4.87. The number of pyridine rings is 1. The van der Waals surface area contributed by atoms with E-state index in [4.69, 9.17) is 4.52 Å². The lowest BCUT2D eigenvalue weighted by Gasteiger charge is -2.22. The van der Waals surface area contributed by atoms with Crippen LogP contribution in [0.5, 0.6) is 0 Å². The van der Waals surface area contributed by atoms with E-state index in [1.807, 2.05) is 30.3 Å². The average Bonchev–Trinajstić information content (AvgIpc) is 3.09. The fourth-order valence-electron chi connectivity index (χ4n) is 3.33. The van der Waals surface area contributed by atoms with E-state index >= 15 is 0 Å². The van der Waals surface area contributed by atoms with Crippen molar-refractivity contribution in [2.45, 2.75) is 32.2 Å². The number of nitrogens with one attached hydrogen (secondary N) is 1. The summed E-state index contributed by atoms with van der Waals surface area (Å²) in [6, 6.07) is 13.6. The van der Waals surface area contributed by atoms with Crippen molar-refractivity contribution in [3.8, 4) is 11.4 Å². The van der Waals surface area contributed by atoms with Crippen LogP contribution in [-0.2, 0) is 6.54 Å². The molecule has 7 nitrogen and oxygen atoms in total. The van der Waals surface area contributed by atoms with Crippen molar-refractivity contribution in [3.05, 3.63) is 60.2 Å². The first kappa shape index (κ1) is 18.2. The third kappa shape index (κ3) is 4.36. The molecule has 1 aliphatic rings. The molecule has 1 aliphatic heterocycles. The smallest absolute Gasteiger partial charge is 0.316 e. The van der Waals surface area contributed by atoms with Gasteiger partial charge in [0, 0.05) is 30.5 Å². The summed E-state index contributed by atoms with van der Waals surface area (Å²) in [5, 5.41) is 6.68. The van der Waals surface area contributed by atoms with Gasteiger partial charge in [0.2, 0.25) is 5.82 Å². The topological polar surface area (TPSA) is 84.2 Å². The van der Waals surface area contributed by atoms with Crippen LogP contribution >= 0.6 is 0 Å². The molecule has 3 aromatic rings. The summed E-state index contributed by atoms with van der Waals surface area (Å²) in [6.07, 6.45) is 6.78. The maximum absolute atomic E-state index is 12.2. The number of hydrogen-bond donors (Lipinski definition) is 1. The van der Waals surface area contributed by atoms with Crippen LogP contribution in [0.2, 0.25) is 0 Å². The van der Waals surface area contributed by atoms with Crippen molar-refractivity contribution in [1.29, 1.82) is 0 Å². The summed E-state index contributed by atoms with van der Waals surface area (Å²) in [7, 11) is 0. The van der Waals surface area contributed by atoms with Gasteiger partial charge in [-0.2, -0.15) is 4.98 Å². The Morgan fingerprint density at radius 3 is 2.54 bits per heavy atom. The molecule has 0 atom stereocenters. The Labute approximate surface area is 163 Å². The van der Waals surface area contributed by atoms with E-state index in [0.717, 1.165) is 24.3 Å². The first-order valence-electron chi connectivity index (χ1n) is 9.67. The van der Waals surface area contributed by atoms with Crippen molar-refractivity contribution in [2.24, 2.45) is 0 Å². The second-order valence-electron chi connectivity index (χ2n) is 6.88. The SMILES string of the molecule is O=C(NCc1ccccn1)c1nc(-c2ccc(N3CCCCCC3)cc2)no1. The highest BCUT2D eigenvalue weighted by Crippen LogP contribution is 2.23. The minimum absolute atomic E-state index is 0.0532. The summed E-state index contributed by atoms with van der Waals surface area (Å²) in [4.78, 5) is 23.0. The number of rotatable bonds is 5. The van der Waals surface area contributed by atoms with Gasteiger partial charge in [0.15, 0.2) is 0 Å². The predicted octanol–water partition coefficient (Wildman–Crippen LogP) is 3.44. The predicted molar refractivity (Wildman–Crippen MR) is 106 cm³/mol. The van der Waals surface area contributed by atoms with Gasteiger partial charge in [0.25, 0.3) is 0 Å². The van der Waals surface area contributed by atoms with Gasteiger partial charge in [-0.3, -0.25) is 9.78 Å². The Hall–Kier alpha value is -3.22. The molecule has 0 aliphatic carbocycles. The first-order chi connectivity index (χ1) is 13.8. The van der Waals surface area contributed by atoms with Crippen molar-refractivity contribution in [1.82, 2.24) is 20.4 Å². The lowest BCUT2D eigenvalue weighted by Crippen LogP contribution is -2.23. The number of carbonyl (C=O) groups excluding carboxylic acids is 1. The van der Waals surface area contributed by atoms with Gasteiger partial charge in [-0.1, -0.05) is 24.1 Å². The minimum atomic E-state index is -0.411. The van der Waals surface area contributed by atoms with E-state index in [9.17, 15) is 4.79 Å². The van der Waals surface area contributed by atoms with Crippen LogP contribution in [0, 0.1) is 0 Å². The molecule has 144 valence electrons. The van der Waals surface area contributed by atoms with Crippen LogP contribution in [0.3, 0.4) is 0 Å². The summed E-state index contributed by atoms with van der Waals surface area (Å²) in [5.74, 6) is -0.0569. The zero-order valence-corrected chi connectivity index (χ0v) is 15.7. The third-order valence-corrected chi connectivity index (χ3v) is 4.87. The standard InChI is InChI=1S/C21H23N5O2/c27-20(23-15-17-7-3-4-12-22-17)21-24-19(25-28-21)16-8-10-18(11-9-16)26-13-5-1-2-6-14-26/h3-4,7-12H,1-2,5-6,13-15H2,(H,23,27). The van der Waals surface area contributed by atoms with Crippen LogP contribution in [0.1, 0.15) is 42.1 Å². The van der Waals surface area contributed by atoms with Gasteiger partial charge in [0.05, 0.1) is 12.2 Å². The molecule has 1 amide bonds. The first-order valence-corrected chi connectivity index (χ1v) is 9.67. The highest BCUT2D eigenvalue weighted by atomic mass is 16.5. The largest absolute Gasteiger partial charge is 0.372 e. The van der Waals surface area contributed by atoms with Gasteiger partial charge in [-0.25, -0.2) is 0 Å². The maximum Gasteiger partial charge on any atom is 0.316 e. The molecule has 28 heavy (non-hydrogen) atoms. The molecular formula is C21H23N5O2. The van der Waals surface area contributed by atoms with Crippen molar-refractivity contribution in [3.63, 3.8) is 0 Å². The summed E-state index contributed by atoms with van der Waals surface area (Å²) in [6.45, 7) is 2.51. The van der Waals surface area contributed by atoms with E-state index in [-0.39, 0.29) is 5.89 Å². The Morgan fingerprint density at radius 1 is 1.04 bits per heavy atom. The van der Waals surface area contributed by atoms with Crippen LogP contribution in [0.4, 0.5) is 5.69 Å². The molecular weight excluding hydrogens is 354 g/mol. The van der Waals surface area contributed by atoms with Crippen LogP contribution < -0.4 is 10.2 Å². The Kier molecular flexibility index (Phi) is 5.61. The van der Waals surface area contributed by atoms with Crippen molar-refractivity contribution < 1.29 is 9.32 Å². The fourth-order valence-corrected chi connectivity index (χ4v) is 3.33. The van der Waals surface area contributed by atoms with Crippen LogP contribution in [0.25, 0.3) is 11.4 Å². The van der Waals surface area contributed by atoms with E-state index in [0.29, 0.717) is 12.4 Å². The van der Waals surface area contributed by atoms with Gasteiger partial charge in [0.1, 0.15) is 0 Å². The monoisotopic (exact) mass is 377 g/mol. The molecule has 0 unspecified atom stereocenters. The lowest BCUT2D eigenvalue weighted by atomic mass is 10.2. The van der Waals surface area contributed by atoms with Crippen LogP contribution in [-0.4, -0.2) is 34.1 Å². The molecule has 1 fully saturated rings. The van der Waals surface area contributed by atoms with Gasteiger partial charge in [-0.15, -0.1) is 0 Å². The number of carbonyl (C=O) groups is 1. The Bertz CT molecular complexity index is 900. The van der Waals surface area contributed by atoms with E-state index in [1.54, 1.807) is 6.20 Å². The zero-order valence-electron chi connectivity index (χ0n) is 15.7. The number of nitrogens with zero attached hydrogens (tertiary/aromatic N) is 4. The van der Waals surface area contributed by atoms with E-state index < -0.39 is 5.91 Å². The number of anilines is 1. The fraction of sp³-hybridized carbons (Fsp3) is 0.333. The molecule has 4 rings (SSSR count). The lowest BCUT2D eigenvalue weighted by molar-refractivity contribution is 0.0906. The van der Waals surface area contributed by atoms with Crippen molar-refractivity contribution >= 4 is 11.6 Å². The number of amides is 1. The van der Waals surface area contributed by atoms with Gasteiger partial charge in [-0.05, 0) is 49.2 Å². The Balaban J connectivity index is 1.40. The Morgan fingerprint density at radius 2 is 1.82 bits per heavy atom. The molecule has 1 aromatic carbocycles. The highest BCUT2D eigenvalue weighted by molar-refractivity contribution is 5.89. The highest BCUT2D eigenvalue weighted by Gasteiger charge is 2.16. The molecule has 0 bridgehead atoms. The average molecular weight is 377 g/mol. The number of hydrogen-bond acceptors (Lipinski definition) is 6. The minimum Gasteiger partial charge on any atom is -0.372 e. The molecule has 0 saturated carbocycles. The second-order valence-corrected chi connectivity index (χ2v) is 6.88. The molecule has 3 heterocycles. The van der Waals surface area contributed by atoms with E-state index in [2.05, 4.69) is 37.5 Å². The molecule has 7 heteroatoms. The van der Waals surface area contributed by atoms with Crippen LogP contribution in [0.15, 0.2) is 53.2 Å². The van der Waals surface area contributed by atoms with Crippen molar-refractivity contribution in [2.75, 3.05) is 18.0 Å². The summed E-state index contributed by atoms with van der Waals surface area (Å²) < 4.78 is 5.13.